The highest BCUT2D eigenvalue weighted by molar-refractivity contribution is 5.88. The number of carboxylic acid groups (broad SMARTS) is 1. The zero-order chi connectivity index (χ0) is 14.2. The molecule has 0 saturated heterocycles. The molecule has 0 amide bonds. The number of aliphatic hydroxyl groups is 1. The Hall–Kier alpha value is -1.87. The smallest absolute Gasteiger partial charge is 0.316 e. The fourth-order valence-electron chi connectivity index (χ4n) is 3.33. The van der Waals surface area contributed by atoms with Crippen molar-refractivity contribution in [3.8, 4) is 0 Å². The number of aliphatic carboxylic acids is 1. The molecule has 3 heteroatoms. The topological polar surface area (TPSA) is 57.5 Å². The number of rotatable bonds is 2. The molecule has 1 fully saturated rings. The highest BCUT2D eigenvalue weighted by Crippen LogP contribution is 2.40. The molecular weight excluding hydrogens is 252 g/mol. The molecule has 0 spiro atoms. The summed E-state index contributed by atoms with van der Waals surface area (Å²) in [5.41, 5.74) is -0.432. The van der Waals surface area contributed by atoms with E-state index < -0.39 is 17.5 Å². The van der Waals surface area contributed by atoms with Crippen molar-refractivity contribution in [3.05, 3.63) is 48.0 Å². The summed E-state index contributed by atoms with van der Waals surface area (Å²) in [6.07, 6.45) is 1.98. The van der Waals surface area contributed by atoms with Crippen LogP contribution in [-0.2, 0) is 10.2 Å². The van der Waals surface area contributed by atoms with Crippen LogP contribution >= 0.6 is 0 Å². The van der Waals surface area contributed by atoms with Gasteiger partial charge in [-0.15, -0.1) is 0 Å². The fourth-order valence-corrected chi connectivity index (χ4v) is 3.33. The zero-order valence-electron chi connectivity index (χ0n) is 11.2. The molecular formula is C17H18O3. The van der Waals surface area contributed by atoms with E-state index in [1.807, 2.05) is 42.5 Å². The van der Waals surface area contributed by atoms with Crippen LogP contribution in [0.15, 0.2) is 42.5 Å². The van der Waals surface area contributed by atoms with Crippen molar-refractivity contribution in [1.29, 1.82) is 0 Å². The minimum Gasteiger partial charge on any atom is -0.481 e. The van der Waals surface area contributed by atoms with Crippen LogP contribution in [0.2, 0.25) is 0 Å². The van der Waals surface area contributed by atoms with Crippen LogP contribution in [0.1, 0.15) is 31.2 Å². The van der Waals surface area contributed by atoms with Crippen molar-refractivity contribution in [3.63, 3.8) is 0 Å². The lowest BCUT2D eigenvalue weighted by atomic mass is 9.67. The lowest BCUT2D eigenvalue weighted by molar-refractivity contribution is -0.151. The van der Waals surface area contributed by atoms with Crippen LogP contribution < -0.4 is 0 Å². The van der Waals surface area contributed by atoms with Gasteiger partial charge < -0.3 is 10.2 Å². The molecule has 2 atom stereocenters. The Labute approximate surface area is 117 Å². The summed E-state index contributed by atoms with van der Waals surface area (Å²) < 4.78 is 0. The van der Waals surface area contributed by atoms with Gasteiger partial charge in [0.05, 0.1) is 6.10 Å². The normalized spacial score (nSPS) is 26.6. The minimum absolute atomic E-state index is 0.502. The monoisotopic (exact) mass is 270 g/mol. The van der Waals surface area contributed by atoms with E-state index >= 15 is 0 Å². The third kappa shape index (κ3) is 1.90. The van der Waals surface area contributed by atoms with E-state index in [0.29, 0.717) is 12.8 Å². The number of aliphatic hydroxyl groups excluding tert-OH is 1. The molecule has 0 heterocycles. The quantitative estimate of drug-likeness (QED) is 0.881. The first kappa shape index (κ1) is 13.1. The van der Waals surface area contributed by atoms with Gasteiger partial charge in [0, 0.05) is 0 Å². The first-order valence-electron chi connectivity index (χ1n) is 7.05. The van der Waals surface area contributed by atoms with E-state index in [2.05, 4.69) is 0 Å². The van der Waals surface area contributed by atoms with Crippen LogP contribution in [0.25, 0.3) is 10.8 Å². The van der Waals surface area contributed by atoms with Gasteiger partial charge in [-0.2, -0.15) is 0 Å². The molecule has 104 valence electrons. The summed E-state index contributed by atoms with van der Waals surface area (Å²) in [6, 6.07) is 13.6. The number of hydrogen-bond acceptors (Lipinski definition) is 2. The first-order valence-corrected chi connectivity index (χ1v) is 7.05. The Bertz CT molecular complexity index is 649. The zero-order valence-corrected chi connectivity index (χ0v) is 11.2. The van der Waals surface area contributed by atoms with E-state index in [4.69, 9.17) is 0 Å². The van der Waals surface area contributed by atoms with Crippen molar-refractivity contribution in [2.24, 2.45) is 0 Å². The Kier molecular flexibility index (Phi) is 3.22. The van der Waals surface area contributed by atoms with E-state index in [0.717, 1.165) is 29.2 Å². The second kappa shape index (κ2) is 4.91. The fraction of sp³-hybridized carbons (Fsp3) is 0.353. The maximum Gasteiger partial charge on any atom is 0.316 e. The summed E-state index contributed by atoms with van der Waals surface area (Å²) >= 11 is 0. The Balaban J connectivity index is 2.16. The van der Waals surface area contributed by atoms with E-state index in [1.165, 1.54) is 0 Å². The SMILES string of the molecule is O=C(O)[C@]1(c2ccc3ccccc3c2)CCCC[C@@H]1O. The molecule has 0 radical (unpaired) electrons. The third-order valence-corrected chi connectivity index (χ3v) is 4.51. The van der Waals surface area contributed by atoms with Crippen molar-refractivity contribution in [2.75, 3.05) is 0 Å². The van der Waals surface area contributed by atoms with Crippen molar-refractivity contribution < 1.29 is 15.0 Å². The van der Waals surface area contributed by atoms with E-state index in [-0.39, 0.29) is 0 Å². The highest BCUT2D eigenvalue weighted by atomic mass is 16.4. The van der Waals surface area contributed by atoms with Crippen LogP contribution in [0.5, 0.6) is 0 Å². The molecule has 3 rings (SSSR count). The van der Waals surface area contributed by atoms with Gasteiger partial charge in [0.15, 0.2) is 0 Å². The molecule has 2 N–H and O–H groups in total. The molecule has 1 saturated carbocycles. The average Bonchev–Trinajstić information content (AvgIpc) is 2.47. The molecule has 1 aliphatic carbocycles. The molecule has 0 bridgehead atoms. The summed E-state index contributed by atoms with van der Waals surface area (Å²) in [7, 11) is 0. The van der Waals surface area contributed by atoms with Crippen molar-refractivity contribution >= 4 is 16.7 Å². The summed E-state index contributed by atoms with van der Waals surface area (Å²) in [5.74, 6) is -0.917. The number of carboxylic acids is 1. The van der Waals surface area contributed by atoms with Gasteiger partial charge in [-0.1, -0.05) is 49.2 Å². The van der Waals surface area contributed by atoms with E-state index in [9.17, 15) is 15.0 Å². The number of carbonyl (C=O) groups is 1. The maximum atomic E-state index is 11.9. The van der Waals surface area contributed by atoms with Gasteiger partial charge in [-0.3, -0.25) is 4.79 Å². The Morgan fingerprint density at radius 2 is 1.85 bits per heavy atom. The highest BCUT2D eigenvalue weighted by Gasteiger charge is 2.48. The Morgan fingerprint density at radius 1 is 1.10 bits per heavy atom. The van der Waals surface area contributed by atoms with Crippen LogP contribution in [0, 0.1) is 0 Å². The molecule has 2 aromatic carbocycles. The Morgan fingerprint density at radius 3 is 2.55 bits per heavy atom. The van der Waals surface area contributed by atoms with Crippen molar-refractivity contribution in [1.82, 2.24) is 0 Å². The summed E-state index contributed by atoms with van der Waals surface area (Å²) in [5, 5.41) is 22.2. The van der Waals surface area contributed by atoms with Crippen LogP contribution in [0.4, 0.5) is 0 Å². The predicted octanol–water partition coefficient (Wildman–Crippen LogP) is 3.10. The lowest BCUT2D eigenvalue weighted by Gasteiger charge is -2.38. The predicted molar refractivity (Wildman–Crippen MR) is 77.7 cm³/mol. The molecule has 2 aromatic rings. The maximum absolute atomic E-state index is 11.9. The first-order chi connectivity index (χ1) is 9.64. The molecule has 20 heavy (non-hydrogen) atoms. The van der Waals surface area contributed by atoms with Gasteiger partial charge >= 0.3 is 5.97 Å². The number of fused-ring (bicyclic) bond motifs is 1. The second-order valence-corrected chi connectivity index (χ2v) is 5.60. The lowest BCUT2D eigenvalue weighted by Crippen LogP contribution is -2.48. The van der Waals surface area contributed by atoms with Crippen molar-refractivity contribution in [2.45, 2.75) is 37.2 Å². The van der Waals surface area contributed by atoms with Gasteiger partial charge in [-0.05, 0) is 35.2 Å². The average molecular weight is 270 g/mol. The third-order valence-electron chi connectivity index (χ3n) is 4.51. The van der Waals surface area contributed by atoms with Crippen LogP contribution in [0.3, 0.4) is 0 Å². The molecule has 1 aliphatic rings. The molecule has 0 aliphatic heterocycles. The minimum atomic E-state index is -1.15. The number of benzene rings is 2. The largest absolute Gasteiger partial charge is 0.481 e. The molecule has 3 nitrogen and oxygen atoms in total. The van der Waals surface area contributed by atoms with E-state index in [1.54, 1.807) is 0 Å². The molecule has 0 aromatic heterocycles. The number of hydrogen-bond donors (Lipinski definition) is 2. The summed E-state index contributed by atoms with van der Waals surface area (Å²) in [4.78, 5) is 11.9. The van der Waals surface area contributed by atoms with Gasteiger partial charge in [0.25, 0.3) is 0 Å². The van der Waals surface area contributed by atoms with Gasteiger partial charge in [-0.25, -0.2) is 0 Å². The van der Waals surface area contributed by atoms with Gasteiger partial charge in [0.2, 0.25) is 0 Å². The van der Waals surface area contributed by atoms with Crippen LogP contribution in [-0.4, -0.2) is 22.3 Å². The molecule has 0 unspecified atom stereocenters. The summed E-state index contributed by atoms with van der Waals surface area (Å²) in [6.45, 7) is 0. The van der Waals surface area contributed by atoms with Gasteiger partial charge in [0.1, 0.15) is 5.41 Å². The standard InChI is InChI=1S/C17H18O3/c18-15-7-3-4-10-17(15,16(19)20)14-9-8-12-5-1-2-6-13(12)11-14/h1-2,5-6,8-9,11,15,18H,3-4,7,10H2,(H,19,20)/t15-,17-/m0/s1. The second-order valence-electron chi connectivity index (χ2n) is 5.60.